The molecule has 27 heavy (non-hydrogen) atoms. The van der Waals surface area contributed by atoms with Gasteiger partial charge in [-0.25, -0.2) is 4.79 Å². The van der Waals surface area contributed by atoms with Crippen molar-refractivity contribution in [1.82, 2.24) is 0 Å². The standard InChI is InChI=1S/C18H16ClF2NO5/c1-11-6-7-12(19)15(8-11)25-10-17(24)26-9-16(23)22-13-4-2-3-5-14(13)27-18(20)21/h2-8,18H,9-10H2,1H3,(H,22,23). The smallest absolute Gasteiger partial charge is 0.387 e. The summed E-state index contributed by atoms with van der Waals surface area (Å²) in [5.41, 5.74) is 0.925. The van der Waals surface area contributed by atoms with E-state index < -0.39 is 31.7 Å². The Labute approximate surface area is 159 Å². The number of ether oxygens (including phenoxy) is 3. The van der Waals surface area contributed by atoms with Gasteiger partial charge in [-0.2, -0.15) is 8.78 Å². The molecule has 0 aliphatic heterocycles. The average Bonchev–Trinajstić information content (AvgIpc) is 2.62. The molecule has 2 aromatic carbocycles. The minimum atomic E-state index is -3.04. The molecule has 0 saturated carbocycles. The lowest BCUT2D eigenvalue weighted by Gasteiger charge is -2.12. The van der Waals surface area contributed by atoms with E-state index in [0.29, 0.717) is 10.8 Å². The fourth-order valence-electron chi connectivity index (χ4n) is 2.00. The van der Waals surface area contributed by atoms with E-state index in [1.807, 2.05) is 6.92 Å². The molecule has 0 atom stereocenters. The molecule has 1 N–H and O–H groups in total. The molecule has 0 aliphatic carbocycles. The number of alkyl halides is 2. The van der Waals surface area contributed by atoms with E-state index in [-0.39, 0.29) is 11.4 Å². The zero-order valence-corrected chi connectivity index (χ0v) is 15.0. The first-order valence-corrected chi connectivity index (χ1v) is 8.11. The average molecular weight is 400 g/mol. The van der Waals surface area contributed by atoms with Crippen LogP contribution in [0.25, 0.3) is 0 Å². The Hall–Kier alpha value is -2.87. The van der Waals surface area contributed by atoms with Crippen LogP contribution >= 0.6 is 11.6 Å². The zero-order chi connectivity index (χ0) is 19.8. The Bertz CT molecular complexity index is 816. The highest BCUT2D eigenvalue weighted by atomic mass is 35.5. The van der Waals surface area contributed by atoms with Gasteiger partial charge >= 0.3 is 12.6 Å². The molecule has 144 valence electrons. The van der Waals surface area contributed by atoms with Crippen molar-refractivity contribution >= 4 is 29.2 Å². The fourth-order valence-corrected chi connectivity index (χ4v) is 2.17. The first-order valence-electron chi connectivity index (χ1n) is 7.73. The number of benzene rings is 2. The van der Waals surface area contributed by atoms with Crippen LogP contribution < -0.4 is 14.8 Å². The summed E-state index contributed by atoms with van der Waals surface area (Å²) in [5.74, 6) is -1.40. The largest absolute Gasteiger partial charge is 0.480 e. The summed E-state index contributed by atoms with van der Waals surface area (Å²) in [6.45, 7) is -2.26. The van der Waals surface area contributed by atoms with Gasteiger partial charge in [0.1, 0.15) is 11.5 Å². The second-order valence-electron chi connectivity index (χ2n) is 5.31. The van der Waals surface area contributed by atoms with Gasteiger partial charge in [-0.15, -0.1) is 0 Å². The Balaban J connectivity index is 1.82. The number of carbonyl (C=O) groups is 2. The molecular formula is C18H16ClF2NO5. The quantitative estimate of drug-likeness (QED) is 0.683. The van der Waals surface area contributed by atoms with E-state index in [1.54, 1.807) is 18.2 Å². The summed E-state index contributed by atoms with van der Waals surface area (Å²) in [4.78, 5) is 23.5. The molecular weight excluding hydrogens is 384 g/mol. The van der Waals surface area contributed by atoms with Gasteiger partial charge in [0.25, 0.3) is 5.91 Å². The maximum absolute atomic E-state index is 12.3. The molecule has 1 amide bonds. The van der Waals surface area contributed by atoms with Crippen molar-refractivity contribution in [3.05, 3.63) is 53.1 Å². The van der Waals surface area contributed by atoms with Gasteiger partial charge in [0, 0.05) is 0 Å². The molecule has 2 rings (SSSR count). The zero-order valence-electron chi connectivity index (χ0n) is 14.2. The Morgan fingerprint density at radius 1 is 1.11 bits per heavy atom. The van der Waals surface area contributed by atoms with Gasteiger partial charge in [0.15, 0.2) is 13.2 Å². The number of hydrogen-bond donors (Lipinski definition) is 1. The molecule has 0 spiro atoms. The van der Waals surface area contributed by atoms with Gasteiger partial charge in [0.2, 0.25) is 0 Å². The second kappa shape index (κ2) is 9.72. The number of nitrogens with one attached hydrogen (secondary N) is 1. The van der Waals surface area contributed by atoms with Crippen LogP contribution in [0.4, 0.5) is 14.5 Å². The number of amides is 1. The number of esters is 1. The lowest BCUT2D eigenvalue weighted by molar-refractivity contribution is -0.149. The SMILES string of the molecule is Cc1ccc(Cl)c(OCC(=O)OCC(=O)Nc2ccccc2OC(F)F)c1. The van der Waals surface area contributed by atoms with Crippen LogP contribution in [0.1, 0.15) is 5.56 Å². The second-order valence-corrected chi connectivity index (χ2v) is 5.71. The lowest BCUT2D eigenvalue weighted by Crippen LogP contribution is -2.24. The normalized spacial score (nSPS) is 10.4. The summed E-state index contributed by atoms with van der Waals surface area (Å²) in [6.07, 6.45) is 0. The van der Waals surface area contributed by atoms with Gasteiger partial charge in [0.05, 0.1) is 10.7 Å². The minimum Gasteiger partial charge on any atom is -0.480 e. The molecule has 9 heteroatoms. The van der Waals surface area contributed by atoms with Crippen molar-refractivity contribution in [3.8, 4) is 11.5 Å². The van der Waals surface area contributed by atoms with Crippen molar-refractivity contribution in [3.63, 3.8) is 0 Å². The van der Waals surface area contributed by atoms with Crippen molar-refractivity contribution in [2.24, 2.45) is 0 Å². The highest BCUT2D eigenvalue weighted by Crippen LogP contribution is 2.26. The van der Waals surface area contributed by atoms with E-state index in [1.165, 1.54) is 24.3 Å². The molecule has 0 aliphatic rings. The van der Waals surface area contributed by atoms with Crippen molar-refractivity contribution in [2.45, 2.75) is 13.5 Å². The topological polar surface area (TPSA) is 73.9 Å². The maximum Gasteiger partial charge on any atom is 0.387 e. The number of halogens is 3. The van der Waals surface area contributed by atoms with Crippen LogP contribution in [0.2, 0.25) is 5.02 Å². The van der Waals surface area contributed by atoms with Crippen molar-refractivity contribution < 1.29 is 32.6 Å². The number of rotatable bonds is 8. The number of para-hydroxylation sites is 2. The maximum atomic E-state index is 12.3. The predicted octanol–water partition coefficient (Wildman–Crippen LogP) is 3.81. The van der Waals surface area contributed by atoms with Crippen LogP contribution in [0.3, 0.4) is 0 Å². The Morgan fingerprint density at radius 3 is 2.59 bits per heavy atom. The molecule has 0 unspecified atom stereocenters. The molecule has 2 aromatic rings. The number of carbonyl (C=O) groups excluding carboxylic acids is 2. The number of hydrogen-bond acceptors (Lipinski definition) is 5. The van der Waals surface area contributed by atoms with Gasteiger partial charge in [-0.1, -0.05) is 29.8 Å². The van der Waals surface area contributed by atoms with E-state index in [4.69, 9.17) is 21.1 Å². The van der Waals surface area contributed by atoms with E-state index in [0.717, 1.165) is 5.56 Å². The molecule has 0 heterocycles. The fraction of sp³-hybridized carbons (Fsp3) is 0.222. The number of anilines is 1. The molecule has 0 aromatic heterocycles. The number of aryl methyl sites for hydroxylation is 1. The predicted molar refractivity (Wildman–Crippen MR) is 94.3 cm³/mol. The molecule has 0 radical (unpaired) electrons. The van der Waals surface area contributed by atoms with Gasteiger partial charge < -0.3 is 19.5 Å². The first-order chi connectivity index (χ1) is 12.8. The van der Waals surface area contributed by atoms with Crippen LogP contribution in [0, 0.1) is 6.92 Å². The Morgan fingerprint density at radius 2 is 1.85 bits per heavy atom. The summed E-state index contributed by atoms with van der Waals surface area (Å²) in [6, 6.07) is 10.7. The van der Waals surface area contributed by atoms with Crippen LogP contribution in [-0.2, 0) is 14.3 Å². The highest BCUT2D eigenvalue weighted by Gasteiger charge is 2.14. The summed E-state index contributed by atoms with van der Waals surface area (Å²) >= 11 is 5.94. The van der Waals surface area contributed by atoms with E-state index in [9.17, 15) is 18.4 Å². The van der Waals surface area contributed by atoms with Gasteiger partial charge in [-0.3, -0.25) is 4.79 Å². The molecule has 0 saturated heterocycles. The van der Waals surface area contributed by atoms with Crippen LogP contribution in [0.5, 0.6) is 11.5 Å². The first kappa shape index (κ1) is 20.4. The monoisotopic (exact) mass is 399 g/mol. The summed E-state index contributed by atoms with van der Waals surface area (Å²) < 4.78 is 39.0. The third-order valence-electron chi connectivity index (χ3n) is 3.17. The summed E-state index contributed by atoms with van der Waals surface area (Å²) in [7, 11) is 0. The third-order valence-corrected chi connectivity index (χ3v) is 3.49. The summed E-state index contributed by atoms with van der Waals surface area (Å²) in [5, 5.41) is 2.66. The van der Waals surface area contributed by atoms with Crippen molar-refractivity contribution in [1.29, 1.82) is 0 Å². The Kier molecular flexibility index (Phi) is 7.36. The highest BCUT2D eigenvalue weighted by molar-refractivity contribution is 6.32. The lowest BCUT2D eigenvalue weighted by atomic mass is 10.2. The third kappa shape index (κ3) is 6.74. The van der Waals surface area contributed by atoms with Crippen LogP contribution in [0.15, 0.2) is 42.5 Å². The van der Waals surface area contributed by atoms with E-state index >= 15 is 0 Å². The molecule has 0 fully saturated rings. The molecule has 0 bridgehead atoms. The van der Waals surface area contributed by atoms with Crippen molar-refractivity contribution in [2.75, 3.05) is 18.5 Å². The van der Waals surface area contributed by atoms with Crippen LogP contribution in [-0.4, -0.2) is 31.7 Å². The minimum absolute atomic E-state index is 0.0293. The molecule has 6 nitrogen and oxygen atoms in total. The van der Waals surface area contributed by atoms with E-state index in [2.05, 4.69) is 10.1 Å². The van der Waals surface area contributed by atoms with Gasteiger partial charge in [-0.05, 0) is 36.8 Å².